The minimum absolute atomic E-state index is 0.607. The fraction of sp³-hybridized carbons (Fsp3) is 0.500. The summed E-state index contributed by atoms with van der Waals surface area (Å²) in [4.78, 5) is 2.66. The predicted molar refractivity (Wildman–Crippen MR) is 121 cm³/mol. The molecule has 4 rings (SSSR count). The van der Waals surface area contributed by atoms with Gasteiger partial charge < -0.3 is 10.2 Å². The van der Waals surface area contributed by atoms with Gasteiger partial charge in [0.25, 0.3) is 0 Å². The van der Waals surface area contributed by atoms with Crippen LogP contribution in [0.25, 0.3) is 11.1 Å². The van der Waals surface area contributed by atoms with Gasteiger partial charge >= 0.3 is 0 Å². The number of nitrogens with one attached hydrogen (secondary N) is 1. The minimum Gasteiger partial charge on any atom is -0.314 e. The first-order valence-electron chi connectivity index (χ1n) is 10.7. The number of hydrogen-bond donors (Lipinski definition) is 1. The Kier molecular flexibility index (Phi) is 6.95. The Balaban J connectivity index is 1.55. The second kappa shape index (κ2) is 9.63. The Morgan fingerprint density at radius 1 is 0.857 bits per heavy atom. The van der Waals surface area contributed by atoms with Crippen molar-refractivity contribution in [3.8, 4) is 11.1 Å². The van der Waals surface area contributed by atoms with Crippen LogP contribution in [0.2, 0.25) is 10.0 Å². The smallest absolute Gasteiger partial charge is 0.0598 e. The third kappa shape index (κ3) is 4.91. The monoisotopic (exact) mass is 416 g/mol. The molecule has 28 heavy (non-hydrogen) atoms. The molecule has 1 aliphatic carbocycles. The molecular weight excluding hydrogens is 387 g/mol. The van der Waals surface area contributed by atoms with Crippen molar-refractivity contribution in [3.05, 3.63) is 58.1 Å². The molecular formula is C24H30Cl2N2. The molecule has 1 atom stereocenters. The zero-order valence-electron chi connectivity index (χ0n) is 16.5. The van der Waals surface area contributed by atoms with Gasteiger partial charge in [-0.1, -0.05) is 72.8 Å². The van der Waals surface area contributed by atoms with Crippen molar-refractivity contribution in [1.29, 1.82) is 0 Å². The van der Waals surface area contributed by atoms with Crippen LogP contribution in [0.15, 0.2) is 42.5 Å². The molecule has 4 heteroatoms. The lowest BCUT2D eigenvalue weighted by Gasteiger charge is -2.36. The number of rotatable bonds is 5. The number of hydrogen-bond acceptors (Lipinski definition) is 2. The van der Waals surface area contributed by atoms with E-state index in [9.17, 15) is 0 Å². The Hall–Kier alpha value is -1.06. The third-order valence-electron chi connectivity index (χ3n) is 6.48. The molecule has 1 heterocycles. The zero-order chi connectivity index (χ0) is 19.3. The normalized spacial score (nSPS) is 20.2. The van der Waals surface area contributed by atoms with Gasteiger partial charge in [-0.3, -0.25) is 0 Å². The fourth-order valence-corrected chi connectivity index (χ4v) is 5.13. The SMILES string of the molecule is Clc1ccc(-c2ccc(C(CN3CCNCC3)C3CCCCC3)cc2)cc1Cl. The average molecular weight is 417 g/mol. The van der Waals surface area contributed by atoms with E-state index in [0.29, 0.717) is 16.0 Å². The number of halogens is 2. The summed E-state index contributed by atoms with van der Waals surface area (Å²) in [5.74, 6) is 1.46. The molecule has 1 N–H and O–H groups in total. The van der Waals surface area contributed by atoms with Gasteiger partial charge in [0.1, 0.15) is 0 Å². The Bertz CT molecular complexity index is 763. The van der Waals surface area contributed by atoms with Gasteiger partial charge in [0.05, 0.1) is 10.0 Å². The maximum atomic E-state index is 6.21. The molecule has 2 aliphatic rings. The molecule has 2 aromatic carbocycles. The van der Waals surface area contributed by atoms with Crippen molar-refractivity contribution < 1.29 is 0 Å². The second-order valence-corrected chi connectivity index (χ2v) is 9.12. The summed E-state index contributed by atoms with van der Waals surface area (Å²) in [5.41, 5.74) is 3.82. The first-order valence-corrected chi connectivity index (χ1v) is 11.4. The Labute approximate surface area is 179 Å². The highest BCUT2D eigenvalue weighted by Crippen LogP contribution is 2.37. The maximum Gasteiger partial charge on any atom is 0.0598 e. The van der Waals surface area contributed by atoms with Gasteiger partial charge in [0, 0.05) is 32.7 Å². The zero-order valence-corrected chi connectivity index (χ0v) is 18.0. The van der Waals surface area contributed by atoms with Gasteiger partial charge in [0.2, 0.25) is 0 Å². The number of nitrogens with zero attached hydrogens (tertiary/aromatic N) is 1. The molecule has 0 aromatic heterocycles. The minimum atomic E-state index is 0.607. The van der Waals surface area contributed by atoms with Crippen molar-refractivity contribution in [3.63, 3.8) is 0 Å². The van der Waals surface area contributed by atoms with Crippen molar-refractivity contribution in [2.45, 2.75) is 38.0 Å². The van der Waals surface area contributed by atoms with E-state index in [1.165, 1.54) is 62.9 Å². The summed E-state index contributed by atoms with van der Waals surface area (Å²) in [5, 5.41) is 4.70. The predicted octanol–water partition coefficient (Wildman–Crippen LogP) is 6.23. The van der Waals surface area contributed by atoms with Crippen LogP contribution in [-0.2, 0) is 0 Å². The molecule has 2 aromatic rings. The van der Waals surface area contributed by atoms with Gasteiger partial charge in [-0.2, -0.15) is 0 Å². The second-order valence-electron chi connectivity index (χ2n) is 8.31. The van der Waals surface area contributed by atoms with Gasteiger partial charge in [-0.25, -0.2) is 0 Å². The lowest BCUT2D eigenvalue weighted by atomic mass is 9.76. The molecule has 150 valence electrons. The fourth-order valence-electron chi connectivity index (χ4n) is 4.83. The van der Waals surface area contributed by atoms with Crippen LogP contribution in [0.4, 0.5) is 0 Å². The van der Waals surface area contributed by atoms with E-state index in [1.807, 2.05) is 18.2 Å². The molecule has 0 radical (unpaired) electrons. The van der Waals surface area contributed by atoms with Crippen molar-refractivity contribution in [1.82, 2.24) is 10.2 Å². The molecule has 2 fully saturated rings. The van der Waals surface area contributed by atoms with E-state index in [2.05, 4.69) is 34.5 Å². The molecule has 1 aliphatic heterocycles. The standard InChI is InChI=1S/C24H30Cl2N2/c25-23-11-10-21(16-24(23)26)18-6-8-20(9-7-18)22(19-4-2-1-3-5-19)17-28-14-12-27-13-15-28/h6-11,16,19,22,27H,1-5,12-15,17H2. The number of benzene rings is 2. The Morgan fingerprint density at radius 3 is 2.21 bits per heavy atom. The molecule has 1 saturated carbocycles. The first-order chi connectivity index (χ1) is 13.7. The van der Waals surface area contributed by atoms with Crippen LogP contribution >= 0.6 is 23.2 Å². The van der Waals surface area contributed by atoms with Crippen LogP contribution in [0.5, 0.6) is 0 Å². The van der Waals surface area contributed by atoms with Gasteiger partial charge in [-0.15, -0.1) is 0 Å². The van der Waals surface area contributed by atoms with Crippen molar-refractivity contribution in [2.24, 2.45) is 5.92 Å². The number of piperazine rings is 1. The van der Waals surface area contributed by atoms with Crippen molar-refractivity contribution in [2.75, 3.05) is 32.7 Å². The molecule has 0 spiro atoms. The van der Waals surface area contributed by atoms with Gasteiger partial charge in [0.15, 0.2) is 0 Å². The van der Waals surface area contributed by atoms with Crippen LogP contribution in [0.1, 0.15) is 43.6 Å². The third-order valence-corrected chi connectivity index (χ3v) is 7.21. The summed E-state index contributed by atoms with van der Waals surface area (Å²) in [6.45, 7) is 5.77. The molecule has 0 amide bonds. The van der Waals surface area contributed by atoms with Crippen molar-refractivity contribution >= 4 is 23.2 Å². The average Bonchev–Trinajstić information content (AvgIpc) is 2.75. The lowest BCUT2D eigenvalue weighted by molar-refractivity contribution is 0.187. The van der Waals surface area contributed by atoms with E-state index in [4.69, 9.17) is 23.2 Å². The largest absolute Gasteiger partial charge is 0.314 e. The quantitative estimate of drug-likeness (QED) is 0.621. The van der Waals surface area contributed by atoms with E-state index in [1.54, 1.807) is 0 Å². The van der Waals surface area contributed by atoms with Gasteiger partial charge in [-0.05, 0) is 53.5 Å². The molecule has 1 unspecified atom stereocenters. The van der Waals surface area contributed by atoms with Crippen LogP contribution < -0.4 is 5.32 Å². The van der Waals surface area contributed by atoms with Crippen LogP contribution in [-0.4, -0.2) is 37.6 Å². The van der Waals surface area contributed by atoms with Crippen LogP contribution in [0.3, 0.4) is 0 Å². The van der Waals surface area contributed by atoms with Crippen LogP contribution in [0, 0.1) is 5.92 Å². The Morgan fingerprint density at radius 2 is 1.54 bits per heavy atom. The summed E-state index contributed by atoms with van der Waals surface area (Å²) in [7, 11) is 0. The molecule has 0 bridgehead atoms. The highest BCUT2D eigenvalue weighted by atomic mass is 35.5. The van der Waals surface area contributed by atoms with E-state index in [-0.39, 0.29) is 0 Å². The first kappa shape index (κ1) is 20.2. The lowest BCUT2D eigenvalue weighted by Crippen LogP contribution is -2.45. The van der Waals surface area contributed by atoms with E-state index >= 15 is 0 Å². The van der Waals surface area contributed by atoms with E-state index < -0.39 is 0 Å². The summed E-state index contributed by atoms with van der Waals surface area (Å²) in [6.07, 6.45) is 6.96. The highest BCUT2D eigenvalue weighted by Gasteiger charge is 2.27. The maximum absolute atomic E-state index is 6.21. The summed E-state index contributed by atoms with van der Waals surface area (Å²) >= 11 is 12.3. The molecule has 1 saturated heterocycles. The highest BCUT2D eigenvalue weighted by molar-refractivity contribution is 6.42. The topological polar surface area (TPSA) is 15.3 Å². The molecule has 2 nitrogen and oxygen atoms in total. The van der Waals surface area contributed by atoms with E-state index in [0.717, 1.165) is 24.6 Å². The summed E-state index contributed by atoms with van der Waals surface area (Å²) < 4.78 is 0. The summed E-state index contributed by atoms with van der Waals surface area (Å²) in [6, 6.07) is 15.1.